The smallest absolute Gasteiger partial charge is 0.126 e. The summed E-state index contributed by atoms with van der Waals surface area (Å²) in [4.78, 5) is 0. The molecule has 0 radical (unpaired) electrons. The maximum Gasteiger partial charge on any atom is 0.126 e. The highest BCUT2D eigenvalue weighted by atomic mass is 16.5. The average molecular weight is 277 g/mol. The van der Waals surface area contributed by atoms with Crippen molar-refractivity contribution in [1.29, 1.82) is 0 Å². The summed E-state index contributed by atoms with van der Waals surface area (Å²) < 4.78 is 6.00. The predicted molar refractivity (Wildman–Crippen MR) is 82.1 cm³/mol. The van der Waals surface area contributed by atoms with Crippen LogP contribution in [0.4, 0.5) is 0 Å². The molecule has 1 fully saturated rings. The molecule has 1 aromatic rings. The minimum atomic E-state index is -0.615. The molecule has 0 amide bonds. The van der Waals surface area contributed by atoms with Crippen molar-refractivity contribution in [3.8, 4) is 5.75 Å². The standard InChI is InChI=1S/C17H27NO2/c1-3-11-18-12-15-8-6-7-14(2)16(15)20-13-17(19)9-4-5-10-17/h6-8,18-19H,3-5,9-13H2,1-2H3. The zero-order valence-corrected chi connectivity index (χ0v) is 12.7. The molecule has 112 valence electrons. The molecular weight excluding hydrogens is 250 g/mol. The van der Waals surface area contributed by atoms with Gasteiger partial charge in [0.2, 0.25) is 0 Å². The van der Waals surface area contributed by atoms with Crippen LogP contribution in [0.15, 0.2) is 18.2 Å². The maximum atomic E-state index is 10.4. The van der Waals surface area contributed by atoms with Crippen molar-refractivity contribution in [3.63, 3.8) is 0 Å². The van der Waals surface area contributed by atoms with Crippen LogP contribution < -0.4 is 10.1 Å². The van der Waals surface area contributed by atoms with Gasteiger partial charge in [0, 0.05) is 12.1 Å². The van der Waals surface area contributed by atoms with Gasteiger partial charge in [0.15, 0.2) is 0 Å². The molecule has 0 aromatic heterocycles. The van der Waals surface area contributed by atoms with Crippen LogP contribution in [0.1, 0.15) is 50.2 Å². The van der Waals surface area contributed by atoms with Crippen molar-refractivity contribution in [3.05, 3.63) is 29.3 Å². The lowest BCUT2D eigenvalue weighted by Gasteiger charge is -2.24. The van der Waals surface area contributed by atoms with Gasteiger partial charge in [0.05, 0.1) is 5.60 Å². The highest BCUT2D eigenvalue weighted by molar-refractivity contribution is 5.40. The lowest BCUT2D eigenvalue weighted by atomic mass is 10.0. The Labute approximate surface area is 122 Å². The van der Waals surface area contributed by atoms with Gasteiger partial charge >= 0.3 is 0 Å². The Bertz CT molecular complexity index is 425. The number of rotatable bonds is 7. The summed E-state index contributed by atoms with van der Waals surface area (Å²) in [6, 6.07) is 6.23. The monoisotopic (exact) mass is 277 g/mol. The maximum absolute atomic E-state index is 10.4. The second-order valence-corrected chi connectivity index (χ2v) is 5.96. The van der Waals surface area contributed by atoms with Crippen LogP contribution in [0.25, 0.3) is 0 Å². The van der Waals surface area contributed by atoms with Gasteiger partial charge in [-0.1, -0.05) is 38.0 Å². The SMILES string of the molecule is CCCNCc1cccc(C)c1OCC1(O)CCCC1. The van der Waals surface area contributed by atoms with E-state index in [2.05, 4.69) is 37.4 Å². The van der Waals surface area contributed by atoms with E-state index in [4.69, 9.17) is 4.74 Å². The van der Waals surface area contributed by atoms with E-state index in [0.717, 1.165) is 56.5 Å². The number of hydrogen-bond donors (Lipinski definition) is 2. The van der Waals surface area contributed by atoms with E-state index < -0.39 is 5.60 Å². The summed E-state index contributed by atoms with van der Waals surface area (Å²) in [6.07, 6.45) is 5.07. The molecule has 0 atom stereocenters. The molecule has 0 aliphatic heterocycles. The first-order valence-electron chi connectivity index (χ1n) is 7.79. The third kappa shape index (κ3) is 3.97. The number of aryl methyl sites for hydroxylation is 1. The van der Waals surface area contributed by atoms with E-state index in [0.29, 0.717) is 6.61 Å². The molecule has 0 spiro atoms. The van der Waals surface area contributed by atoms with E-state index in [1.807, 2.05) is 0 Å². The fourth-order valence-corrected chi connectivity index (χ4v) is 2.84. The fourth-order valence-electron chi connectivity index (χ4n) is 2.84. The van der Waals surface area contributed by atoms with Crippen LogP contribution in [-0.2, 0) is 6.54 Å². The fraction of sp³-hybridized carbons (Fsp3) is 0.647. The van der Waals surface area contributed by atoms with Crippen molar-refractivity contribution >= 4 is 0 Å². The Morgan fingerprint density at radius 1 is 1.30 bits per heavy atom. The van der Waals surface area contributed by atoms with E-state index in [-0.39, 0.29) is 0 Å². The van der Waals surface area contributed by atoms with Crippen molar-refractivity contribution in [2.24, 2.45) is 0 Å². The van der Waals surface area contributed by atoms with Crippen LogP contribution in [0.5, 0.6) is 5.75 Å². The van der Waals surface area contributed by atoms with E-state index in [9.17, 15) is 5.11 Å². The summed E-state index contributed by atoms with van der Waals surface area (Å²) in [7, 11) is 0. The minimum Gasteiger partial charge on any atom is -0.490 e. The largest absolute Gasteiger partial charge is 0.490 e. The molecule has 1 aromatic carbocycles. The quantitative estimate of drug-likeness (QED) is 0.752. The molecule has 0 saturated heterocycles. The van der Waals surface area contributed by atoms with Gasteiger partial charge in [0.1, 0.15) is 12.4 Å². The van der Waals surface area contributed by atoms with Crippen LogP contribution in [0.3, 0.4) is 0 Å². The summed E-state index contributed by atoms with van der Waals surface area (Å²) in [5, 5.41) is 13.8. The lowest BCUT2D eigenvalue weighted by molar-refractivity contribution is 0.000923. The van der Waals surface area contributed by atoms with E-state index in [1.54, 1.807) is 0 Å². The van der Waals surface area contributed by atoms with Crippen LogP contribution in [0, 0.1) is 6.92 Å². The molecule has 0 heterocycles. The van der Waals surface area contributed by atoms with Crippen molar-refractivity contribution < 1.29 is 9.84 Å². The molecule has 2 N–H and O–H groups in total. The summed E-state index contributed by atoms with van der Waals surface area (Å²) in [5.74, 6) is 0.941. The third-order valence-corrected chi connectivity index (χ3v) is 4.06. The molecule has 3 nitrogen and oxygen atoms in total. The van der Waals surface area contributed by atoms with Gasteiger partial charge < -0.3 is 15.2 Å². The van der Waals surface area contributed by atoms with Crippen LogP contribution in [0.2, 0.25) is 0 Å². The Morgan fingerprint density at radius 3 is 2.75 bits per heavy atom. The first kappa shape index (κ1) is 15.3. The second-order valence-electron chi connectivity index (χ2n) is 5.96. The van der Waals surface area contributed by atoms with Crippen molar-refractivity contribution in [2.75, 3.05) is 13.2 Å². The molecule has 1 saturated carbocycles. The van der Waals surface area contributed by atoms with Gasteiger partial charge in [0.25, 0.3) is 0 Å². The highest BCUT2D eigenvalue weighted by Gasteiger charge is 2.32. The molecule has 2 rings (SSSR count). The van der Waals surface area contributed by atoms with Crippen molar-refractivity contribution in [1.82, 2.24) is 5.32 Å². The first-order chi connectivity index (χ1) is 9.64. The Balaban J connectivity index is 2.01. The third-order valence-electron chi connectivity index (χ3n) is 4.06. The first-order valence-corrected chi connectivity index (χ1v) is 7.79. The minimum absolute atomic E-state index is 0.415. The zero-order chi connectivity index (χ0) is 14.4. The highest BCUT2D eigenvalue weighted by Crippen LogP contribution is 2.31. The van der Waals surface area contributed by atoms with Gasteiger partial charge in [-0.3, -0.25) is 0 Å². The molecule has 1 aliphatic carbocycles. The zero-order valence-electron chi connectivity index (χ0n) is 12.7. The van der Waals surface area contributed by atoms with Gasteiger partial charge in [-0.25, -0.2) is 0 Å². The number of nitrogens with one attached hydrogen (secondary N) is 1. The Kier molecular flexibility index (Phi) is 5.44. The Morgan fingerprint density at radius 2 is 2.05 bits per heavy atom. The molecule has 0 unspecified atom stereocenters. The Hall–Kier alpha value is -1.06. The summed E-state index contributed by atoms with van der Waals surface area (Å²) >= 11 is 0. The van der Waals surface area contributed by atoms with E-state index >= 15 is 0 Å². The number of para-hydroxylation sites is 1. The van der Waals surface area contributed by atoms with Gasteiger partial charge in [-0.15, -0.1) is 0 Å². The molecular formula is C17H27NO2. The van der Waals surface area contributed by atoms with Crippen LogP contribution >= 0.6 is 0 Å². The molecule has 3 heteroatoms. The number of aliphatic hydroxyl groups is 1. The molecule has 1 aliphatic rings. The molecule has 0 bridgehead atoms. The lowest BCUT2D eigenvalue weighted by Crippen LogP contribution is -2.32. The topological polar surface area (TPSA) is 41.5 Å². The molecule has 20 heavy (non-hydrogen) atoms. The number of hydrogen-bond acceptors (Lipinski definition) is 3. The predicted octanol–water partition coefficient (Wildman–Crippen LogP) is 3.18. The number of ether oxygens (including phenoxy) is 1. The average Bonchev–Trinajstić information content (AvgIpc) is 2.85. The summed E-state index contributed by atoms with van der Waals surface area (Å²) in [6.45, 7) is 6.48. The van der Waals surface area contributed by atoms with Gasteiger partial charge in [-0.05, 0) is 38.3 Å². The van der Waals surface area contributed by atoms with Crippen LogP contribution in [-0.4, -0.2) is 23.9 Å². The van der Waals surface area contributed by atoms with Crippen molar-refractivity contribution in [2.45, 2.75) is 58.1 Å². The normalized spacial score (nSPS) is 17.4. The summed E-state index contributed by atoms with van der Waals surface area (Å²) in [5.41, 5.74) is 1.71. The number of benzene rings is 1. The van der Waals surface area contributed by atoms with E-state index in [1.165, 1.54) is 5.56 Å². The van der Waals surface area contributed by atoms with Gasteiger partial charge in [-0.2, -0.15) is 0 Å². The second kappa shape index (κ2) is 7.09.